The Morgan fingerprint density at radius 3 is 2.52 bits per heavy atom. The number of nitrogens with one attached hydrogen (secondary N) is 1. The number of hydrazone groups is 1. The highest BCUT2D eigenvalue weighted by Crippen LogP contribution is 2.34. The molecule has 0 radical (unpaired) electrons. The molecule has 2 aromatic rings. The molecule has 0 aliphatic carbocycles. The number of alkyl halides is 3. The quantitative estimate of drug-likeness (QED) is 0.613. The summed E-state index contributed by atoms with van der Waals surface area (Å²) in [7, 11) is 0. The van der Waals surface area contributed by atoms with Crippen LogP contribution in [0.4, 0.5) is 18.9 Å². The van der Waals surface area contributed by atoms with Gasteiger partial charge >= 0.3 is 6.18 Å². The summed E-state index contributed by atoms with van der Waals surface area (Å²) in [5.74, 6) is 1.26. The normalized spacial score (nSPS) is 14.4. The van der Waals surface area contributed by atoms with Crippen LogP contribution in [0.25, 0.3) is 0 Å². The van der Waals surface area contributed by atoms with Crippen molar-refractivity contribution in [3.63, 3.8) is 0 Å². The smallest absolute Gasteiger partial charge is 0.416 e. The van der Waals surface area contributed by atoms with Crippen LogP contribution in [0, 0.1) is 0 Å². The third-order valence-corrected chi connectivity index (χ3v) is 3.93. The molecule has 132 valence electrons. The van der Waals surface area contributed by atoms with Crippen LogP contribution in [0.1, 0.15) is 18.1 Å². The average Bonchev–Trinajstić information content (AvgIpc) is 2.59. The summed E-state index contributed by atoms with van der Waals surface area (Å²) in [5.41, 5.74) is 3.18. The van der Waals surface area contributed by atoms with Crippen molar-refractivity contribution in [2.75, 3.05) is 18.6 Å². The molecule has 2 aromatic carbocycles. The van der Waals surface area contributed by atoms with Gasteiger partial charge in [-0.15, -0.1) is 0 Å². The largest absolute Gasteiger partial charge is 0.486 e. The van der Waals surface area contributed by atoms with Gasteiger partial charge in [0.05, 0.1) is 22.0 Å². The fraction of sp³-hybridized carbons (Fsp3) is 0.235. The van der Waals surface area contributed by atoms with Crippen LogP contribution in [0.2, 0.25) is 5.02 Å². The Balaban J connectivity index is 1.82. The van der Waals surface area contributed by atoms with Gasteiger partial charge in [0, 0.05) is 5.56 Å². The van der Waals surface area contributed by atoms with E-state index in [1.807, 2.05) is 0 Å². The summed E-state index contributed by atoms with van der Waals surface area (Å²) < 4.78 is 49.3. The molecule has 1 aliphatic heterocycles. The number of hydrogen-bond acceptors (Lipinski definition) is 4. The molecule has 0 atom stereocenters. The number of ether oxygens (including phenoxy) is 2. The first-order valence-electron chi connectivity index (χ1n) is 7.41. The van der Waals surface area contributed by atoms with Gasteiger partial charge in [-0.1, -0.05) is 11.6 Å². The van der Waals surface area contributed by atoms with Gasteiger partial charge in [0.1, 0.15) is 13.2 Å². The minimum atomic E-state index is -4.45. The lowest BCUT2D eigenvalue weighted by molar-refractivity contribution is -0.137. The molecule has 0 unspecified atom stereocenters. The van der Waals surface area contributed by atoms with E-state index < -0.39 is 11.7 Å². The molecule has 25 heavy (non-hydrogen) atoms. The predicted octanol–water partition coefficient (Wildman–Crippen LogP) is 4.97. The van der Waals surface area contributed by atoms with Gasteiger partial charge in [-0.2, -0.15) is 18.3 Å². The van der Waals surface area contributed by atoms with Gasteiger partial charge in [-0.25, -0.2) is 0 Å². The molecular weight excluding hydrogens is 357 g/mol. The molecule has 0 amide bonds. The zero-order valence-corrected chi connectivity index (χ0v) is 13.9. The Hall–Kier alpha value is -2.41. The molecule has 4 nitrogen and oxygen atoms in total. The van der Waals surface area contributed by atoms with Crippen molar-refractivity contribution < 1.29 is 22.6 Å². The molecule has 1 heterocycles. The topological polar surface area (TPSA) is 42.9 Å². The van der Waals surface area contributed by atoms with E-state index in [1.54, 1.807) is 25.1 Å². The van der Waals surface area contributed by atoms with E-state index in [2.05, 4.69) is 10.5 Å². The molecule has 1 N–H and O–H groups in total. The Morgan fingerprint density at radius 2 is 1.80 bits per heavy atom. The number of anilines is 1. The molecule has 0 spiro atoms. The van der Waals surface area contributed by atoms with Crippen molar-refractivity contribution in [3.05, 3.63) is 52.5 Å². The molecule has 0 bridgehead atoms. The first-order valence-corrected chi connectivity index (χ1v) is 7.79. The summed E-state index contributed by atoms with van der Waals surface area (Å²) in [6, 6.07) is 8.35. The van der Waals surface area contributed by atoms with Crippen LogP contribution < -0.4 is 14.9 Å². The molecule has 0 saturated heterocycles. The van der Waals surface area contributed by atoms with Crippen LogP contribution in [0.3, 0.4) is 0 Å². The Bertz CT molecular complexity index is 822. The van der Waals surface area contributed by atoms with Crippen molar-refractivity contribution in [2.45, 2.75) is 13.1 Å². The molecular formula is C17H14ClF3N2O2. The van der Waals surface area contributed by atoms with Crippen molar-refractivity contribution in [1.29, 1.82) is 0 Å². The van der Waals surface area contributed by atoms with Crippen molar-refractivity contribution in [3.8, 4) is 11.5 Å². The number of nitrogens with zero attached hydrogens (tertiary/aromatic N) is 1. The number of benzene rings is 2. The van der Waals surface area contributed by atoms with Gasteiger partial charge in [-0.05, 0) is 43.3 Å². The SMILES string of the molecule is C/C(=N/Nc1cc(C(F)(F)F)ccc1Cl)c1ccc2c(c1)OCCO2. The maximum absolute atomic E-state index is 12.8. The first-order chi connectivity index (χ1) is 11.8. The highest BCUT2D eigenvalue weighted by atomic mass is 35.5. The van der Waals surface area contributed by atoms with Gasteiger partial charge in [0.15, 0.2) is 11.5 Å². The zero-order chi connectivity index (χ0) is 18.0. The summed E-state index contributed by atoms with van der Waals surface area (Å²) in [4.78, 5) is 0. The van der Waals surface area contributed by atoms with E-state index >= 15 is 0 Å². The lowest BCUT2D eigenvalue weighted by Crippen LogP contribution is -2.15. The summed E-state index contributed by atoms with van der Waals surface area (Å²) in [5, 5.41) is 4.26. The van der Waals surface area contributed by atoms with E-state index in [4.69, 9.17) is 21.1 Å². The molecule has 0 fully saturated rings. The zero-order valence-electron chi connectivity index (χ0n) is 13.2. The van der Waals surface area contributed by atoms with E-state index in [0.29, 0.717) is 30.4 Å². The lowest BCUT2D eigenvalue weighted by atomic mass is 10.1. The fourth-order valence-electron chi connectivity index (χ4n) is 2.26. The lowest BCUT2D eigenvalue weighted by Gasteiger charge is -2.18. The highest BCUT2D eigenvalue weighted by Gasteiger charge is 2.30. The van der Waals surface area contributed by atoms with Crippen LogP contribution in [-0.4, -0.2) is 18.9 Å². The highest BCUT2D eigenvalue weighted by molar-refractivity contribution is 6.33. The average molecular weight is 371 g/mol. The molecule has 3 rings (SSSR count). The Labute approximate surface area is 147 Å². The van der Waals surface area contributed by atoms with Gasteiger partial charge in [-0.3, -0.25) is 5.43 Å². The van der Waals surface area contributed by atoms with E-state index in [-0.39, 0.29) is 10.7 Å². The minimum absolute atomic E-state index is 0.0772. The van der Waals surface area contributed by atoms with E-state index in [1.165, 1.54) is 6.07 Å². The first kappa shape index (κ1) is 17.4. The molecule has 1 aliphatic rings. The second-order valence-electron chi connectivity index (χ2n) is 5.36. The van der Waals surface area contributed by atoms with Crippen LogP contribution >= 0.6 is 11.6 Å². The third kappa shape index (κ3) is 3.99. The van der Waals surface area contributed by atoms with Crippen LogP contribution in [-0.2, 0) is 6.18 Å². The van der Waals surface area contributed by atoms with E-state index in [9.17, 15) is 13.2 Å². The molecule has 8 heteroatoms. The van der Waals surface area contributed by atoms with Gasteiger partial charge in [0.25, 0.3) is 0 Å². The number of fused-ring (bicyclic) bond motifs is 1. The molecule has 0 aromatic heterocycles. The Morgan fingerprint density at radius 1 is 1.08 bits per heavy atom. The van der Waals surface area contributed by atoms with Crippen molar-refractivity contribution in [2.24, 2.45) is 5.10 Å². The number of rotatable bonds is 3. The fourth-order valence-corrected chi connectivity index (χ4v) is 2.42. The second-order valence-corrected chi connectivity index (χ2v) is 5.77. The summed E-state index contributed by atoms with van der Waals surface area (Å²) in [6.07, 6.45) is -4.45. The third-order valence-electron chi connectivity index (χ3n) is 3.60. The Kier molecular flexibility index (Phi) is 4.76. The van der Waals surface area contributed by atoms with E-state index in [0.717, 1.165) is 17.7 Å². The van der Waals surface area contributed by atoms with Gasteiger partial charge in [0.2, 0.25) is 0 Å². The predicted molar refractivity (Wildman–Crippen MR) is 89.7 cm³/mol. The van der Waals surface area contributed by atoms with Crippen LogP contribution in [0.15, 0.2) is 41.5 Å². The number of hydrogen-bond donors (Lipinski definition) is 1. The number of halogens is 4. The summed E-state index contributed by atoms with van der Waals surface area (Å²) in [6.45, 7) is 2.68. The van der Waals surface area contributed by atoms with Gasteiger partial charge < -0.3 is 9.47 Å². The second kappa shape index (κ2) is 6.84. The maximum Gasteiger partial charge on any atom is 0.416 e. The van der Waals surface area contributed by atoms with Crippen LogP contribution in [0.5, 0.6) is 11.5 Å². The minimum Gasteiger partial charge on any atom is -0.486 e. The van der Waals surface area contributed by atoms with Crippen molar-refractivity contribution >= 4 is 23.0 Å². The summed E-state index contributed by atoms with van der Waals surface area (Å²) >= 11 is 5.93. The molecule has 0 saturated carbocycles. The monoisotopic (exact) mass is 370 g/mol. The van der Waals surface area contributed by atoms with Crippen molar-refractivity contribution in [1.82, 2.24) is 0 Å². The standard InChI is InChI=1S/C17H14ClF3N2O2/c1-10(11-2-5-15-16(8-11)25-7-6-24-15)22-23-14-9-12(17(19,20)21)3-4-13(14)18/h2-5,8-9,23H,6-7H2,1H3/b22-10-. The maximum atomic E-state index is 12.8.